The van der Waals surface area contributed by atoms with Crippen LogP contribution in [0.4, 0.5) is 5.69 Å². The minimum absolute atomic E-state index is 0.947. The average molecular weight is 211 g/mol. The third kappa shape index (κ3) is 2.08. The number of aryl methyl sites for hydroxylation is 1. The molecule has 1 N–H and O–H groups in total. The Bertz CT molecular complexity index is 474. The molecule has 0 heterocycles. The van der Waals surface area contributed by atoms with Gasteiger partial charge in [-0.15, -0.1) is 0 Å². The largest absolute Gasteiger partial charge is 0.385 e. The van der Waals surface area contributed by atoms with Crippen molar-refractivity contribution >= 4 is 5.69 Å². The molecule has 0 fully saturated rings. The maximum absolute atomic E-state index is 3.40. The van der Waals surface area contributed by atoms with Crippen LogP contribution in [0.15, 0.2) is 48.5 Å². The van der Waals surface area contributed by atoms with E-state index in [1.165, 1.54) is 22.4 Å². The number of hydrogen-bond donors (Lipinski definition) is 1. The standard InChI is InChI=1S/C15H17N/c1-3-16-15-11-7-6-10-14(15)13-9-5-4-8-12(13)2/h4-11,16H,3H2,1-2H3. The maximum Gasteiger partial charge on any atom is 0.0419 e. The van der Waals surface area contributed by atoms with E-state index in [9.17, 15) is 0 Å². The molecule has 0 amide bonds. The van der Waals surface area contributed by atoms with Crippen LogP contribution in [0.5, 0.6) is 0 Å². The molecule has 82 valence electrons. The molecule has 2 aromatic carbocycles. The van der Waals surface area contributed by atoms with Gasteiger partial charge in [-0.2, -0.15) is 0 Å². The lowest BCUT2D eigenvalue weighted by Gasteiger charge is -2.12. The van der Waals surface area contributed by atoms with Gasteiger partial charge in [0.25, 0.3) is 0 Å². The fourth-order valence-electron chi connectivity index (χ4n) is 1.94. The molecule has 0 spiro atoms. The Balaban J connectivity index is 2.51. The van der Waals surface area contributed by atoms with Crippen LogP contribution in [0.2, 0.25) is 0 Å². The molecule has 0 unspecified atom stereocenters. The third-order valence-electron chi connectivity index (χ3n) is 2.73. The molecule has 2 rings (SSSR count). The Kier molecular flexibility index (Phi) is 3.25. The molecule has 0 aliphatic carbocycles. The van der Waals surface area contributed by atoms with Crippen LogP contribution in [0.25, 0.3) is 11.1 Å². The van der Waals surface area contributed by atoms with Gasteiger partial charge in [0.1, 0.15) is 0 Å². The van der Waals surface area contributed by atoms with Gasteiger partial charge in [0, 0.05) is 17.8 Å². The number of para-hydroxylation sites is 1. The average Bonchev–Trinajstić information content (AvgIpc) is 2.31. The molecule has 1 heteroatoms. The highest BCUT2D eigenvalue weighted by Gasteiger charge is 2.05. The first-order chi connectivity index (χ1) is 7.83. The van der Waals surface area contributed by atoms with E-state index in [1.54, 1.807) is 0 Å². The smallest absolute Gasteiger partial charge is 0.0419 e. The molecule has 0 bridgehead atoms. The summed E-state index contributed by atoms with van der Waals surface area (Å²) in [5.74, 6) is 0. The fraction of sp³-hybridized carbons (Fsp3) is 0.200. The molecule has 0 saturated carbocycles. The Labute approximate surface area is 97.1 Å². The van der Waals surface area contributed by atoms with Crippen molar-refractivity contribution in [3.05, 3.63) is 54.1 Å². The Morgan fingerprint density at radius 3 is 2.19 bits per heavy atom. The van der Waals surface area contributed by atoms with E-state index in [0.717, 1.165) is 6.54 Å². The molecule has 0 aromatic heterocycles. The van der Waals surface area contributed by atoms with E-state index in [1.807, 2.05) is 0 Å². The van der Waals surface area contributed by atoms with Gasteiger partial charge in [-0.1, -0.05) is 42.5 Å². The molecule has 2 aromatic rings. The highest BCUT2D eigenvalue weighted by Crippen LogP contribution is 2.29. The molecule has 0 aliphatic rings. The molecular formula is C15H17N. The van der Waals surface area contributed by atoms with Crippen molar-refractivity contribution in [3.63, 3.8) is 0 Å². The summed E-state index contributed by atoms with van der Waals surface area (Å²) in [5, 5.41) is 3.40. The lowest BCUT2D eigenvalue weighted by atomic mass is 9.99. The van der Waals surface area contributed by atoms with E-state index in [4.69, 9.17) is 0 Å². The van der Waals surface area contributed by atoms with Crippen molar-refractivity contribution < 1.29 is 0 Å². The number of benzene rings is 2. The fourth-order valence-corrected chi connectivity index (χ4v) is 1.94. The third-order valence-corrected chi connectivity index (χ3v) is 2.73. The van der Waals surface area contributed by atoms with Gasteiger partial charge in [0.2, 0.25) is 0 Å². The molecular weight excluding hydrogens is 194 g/mol. The minimum Gasteiger partial charge on any atom is -0.385 e. The van der Waals surface area contributed by atoms with Gasteiger partial charge < -0.3 is 5.32 Å². The minimum atomic E-state index is 0.947. The second kappa shape index (κ2) is 4.84. The molecule has 0 radical (unpaired) electrons. The van der Waals surface area contributed by atoms with E-state index >= 15 is 0 Å². The Morgan fingerprint density at radius 2 is 1.50 bits per heavy atom. The van der Waals surface area contributed by atoms with Crippen LogP contribution in [-0.2, 0) is 0 Å². The zero-order valence-corrected chi connectivity index (χ0v) is 9.83. The molecule has 0 aliphatic heterocycles. The normalized spacial score (nSPS) is 10.1. The van der Waals surface area contributed by atoms with Crippen LogP contribution in [-0.4, -0.2) is 6.54 Å². The summed E-state index contributed by atoms with van der Waals surface area (Å²) in [5.41, 5.74) is 5.11. The summed E-state index contributed by atoms with van der Waals surface area (Å²) >= 11 is 0. The summed E-state index contributed by atoms with van der Waals surface area (Å²) in [6.45, 7) is 5.22. The summed E-state index contributed by atoms with van der Waals surface area (Å²) in [6, 6.07) is 16.9. The van der Waals surface area contributed by atoms with Crippen LogP contribution < -0.4 is 5.32 Å². The van der Waals surface area contributed by atoms with E-state index in [-0.39, 0.29) is 0 Å². The van der Waals surface area contributed by atoms with E-state index < -0.39 is 0 Å². The van der Waals surface area contributed by atoms with E-state index in [0.29, 0.717) is 0 Å². The highest BCUT2D eigenvalue weighted by atomic mass is 14.9. The van der Waals surface area contributed by atoms with Crippen molar-refractivity contribution in [1.29, 1.82) is 0 Å². The number of hydrogen-bond acceptors (Lipinski definition) is 1. The monoisotopic (exact) mass is 211 g/mol. The zero-order chi connectivity index (χ0) is 11.4. The van der Waals surface area contributed by atoms with Crippen molar-refractivity contribution in [2.24, 2.45) is 0 Å². The molecule has 16 heavy (non-hydrogen) atoms. The summed E-state index contributed by atoms with van der Waals surface area (Å²) in [4.78, 5) is 0. The Morgan fingerprint density at radius 1 is 0.875 bits per heavy atom. The van der Waals surface area contributed by atoms with Crippen LogP contribution in [0, 0.1) is 6.92 Å². The predicted molar refractivity (Wildman–Crippen MR) is 70.8 cm³/mol. The summed E-state index contributed by atoms with van der Waals surface area (Å²) in [6.07, 6.45) is 0. The summed E-state index contributed by atoms with van der Waals surface area (Å²) < 4.78 is 0. The molecule has 0 saturated heterocycles. The zero-order valence-electron chi connectivity index (χ0n) is 9.83. The maximum atomic E-state index is 3.40. The van der Waals surface area contributed by atoms with E-state index in [2.05, 4.69) is 67.7 Å². The number of rotatable bonds is 3. The van der Waals surface area contributed by atoms with Gasteiger partial charge in [-0.25, -0.2) is 0 Å². The molecule has 0 atom stereocenters. The van der Waals surface area contributed by atoms with Gasteiger partial charge in [0.15, 0.2) is 0 Å². The van der Waals surface area contributed by atoms with Crippen LogP contribution in [0.3, 0.4) is 0 Å². The van der Waals surface area contributed by atoms with Crippen LogP contribution in [0.1, 0.15) is 12.5 Å². The lowest BCUT2D eigenvalue weighted by molar-refractivity contribution is 1.21. The van der Waals surface area contributed by atoms with Gasteiger partial charge in [-0.05, 0) is 31.0 Å². The first kappa shape index (κ1) is 10.7. The second-order valence-electron chi connectivity index (χ2n) is 3.89. The summed E-state index contributed by atoms with van der Waals surface area (Å²) in [7, 11) is 0. The first-order valence-corrected chi connectivity index (χ1v) is 5.72. The van der Waals surface area contributed by atoms with Crippen molar-refractivity contribution in [2.75, 3.05) is 11.9 Å². The molecule has 1 nitrogen and oxygen atoms in total. The van der Waals surface area contributed by atoms with Gasteiger partial charge in [-0.3, -0.25) is 0 Å². The topological polar surface area (TPSA) is 12.0 Å². The predicted octanol–water partition coefficient (Wildman–Crippen LogP) is 4.09. The lowest BCUT2D eigenvalue weighted by Crippen LogP contribution is -1.98. The van der Waals surface area contributed by atoms with Crippen LogP contribution >= 0.6 is 0 Å². The second-order valence-corrected chi connectivity index (χ2v) is 3.89. The number of nitrogens with one attached hydrogen (secondary N) is 1. The van der Waals surface area contributed by atoms with Gasteiger partial charge >= 0.3 is 0 Å². The van der Waals surface area contributed by atoms with Crippen molar-refractivity contribution in [1.82, 2.24) is 0 Å². The quantitative estimate of drug-likeness (QED) is 0.806. The van der Waals surface area contributed by atoms with Crippen molar-refractivity contribution in [2.45, 2.75) is 13.8 Å². The van der Waals surface area contributed by atoms with Gasteiger partial charge in [0.05, 0.1) is 0 Å². The first-order valence-electron chi connectivity index (χ1n) is 5.72. The highest BCUT2D eigenvalue weighted by molar-refractivity contribution is 5.79. The SMILES string of the molecule is CCNc1ccccc1-c1ccccc1C. The number of anilines is 1. The Hall–Kier alpha value is -1.76. The van der Waals surface area contributed by atoms with Crippen molar-refractivity contribution in [3.8, 4) is 11.1 Å².